The number of fused-ring (bicyclic) bond motifs is 3. The summed E-state index contributed by atoms with van der Waals surface area (Å²) in [5.74, 6) is 1.47. The molecular weight excluding hydrogens is 218 g/mol. The highest BCUT2D eigenvalue weighted by Gasteiger charge is 2.23. The fourth-order valence-corrected chi connectivity index (χ4v) is 2.32. The molecule has 17 heavy (non-hydrogen) atoms. The van der Waals surface area contributed by atoms with Crippen molar-refractivity contribution in [1.29, 1.82) is 0 Å². The van der Waals surface area contributed by atoms with Gasteiger partial charge in [0.1, 0.15) is 0 Å². The number of hydrogen-bond donors (Lipinski definition) is 0. The standard InChI is InChI=1S/C11H15N5O/c1-7-12-13-10-8-4-5-15(2)6-9(8)11(17-3)14-16(7)10/h4-6H2,1-3H3. The van der Waals surface area contributed by atoms with Crippen LogP contribution in [-0.2, 0) is 13.0 Å². The number of hydrogen-bond acceptors (Lipinski definition) is 5. The number of aryl methyl sites for hydroxylation is 1. The summed E-state index contributed by atoms with van der Waals surface area (Å²) in [6, 6.07) is 0. The lowest BCUT2D eigenvalue weighted by Gasteiger charge is -2.25. The van der Waals surface area contributed by atoms with Gasteiger partial charge in [-0.15, -0.1) is 15.3 Å². The molecular formula is C11H15N5O. The molecule has 0 bridgehead atoms. The summed E-state index contributed by atoms with van der Waals surface area (Å²) in [5.41, 5.74) is 3.23. The van der Waals surface area contributed by atoms with E-state index in [1.165, 1.54) is 5.56 Å². The van der Waals surface area contributed by atoms with Gasteiger partial charge in [0.25, 0.3) is 0 Å². The third-order valence-corrected chi connectivity index (χ3v) is 3.24. The molecule has 0 atom stereocenters. The van der Waals surface area contributed by atoms with Gasteiger partial charge in [-0.05, 0) is 20.4 Å². The Morgan fingerprint density at radius 1 is 1.24 bits per heavy atom. The highest BCUT2D eigenvalue weighted by atomic mass is 16.5. The van der Waals surface area contributed by atoms with Gasteiger partial charge in [0.2, 0.25) is 5.88 Å². The lowest BCUT2D eigenvalue weighted by molar-refractivity contribution is 0.296. The summed E-state index contributed by atoms with van der Waals surface area (Å²) in [6.07, 6.45) is 0.965. The molecule has 0 spiro atoms. The summed E-state index contributed by atoms with van der Waals surface area (Å²) in [4.78, 5) is 2.26. The van der Waals surface area contributed by atoms with E-state index >= 15 is 0 Å². The monoisotopic (exact) mass is 233 g/mol. The van der Waals surface area contributed by atoms with E-state index in [1.807, 2.05) is 6.92 Å². The van der Waals surface area contributed by atoms with E-state index in [1.54, 1.807) is 11.6 Å². The number of methoxy groups -OCH3 is 1. The Bertz CT molecular complexity index is 577. The van der Waals surface area contributed by atoms with E-state index in [-0.39, 0.29) is 0 Å². The van der Waals surface area contributed by atoms with Crippen molar-refractivity contribution in [3.63, 3.8) is 0 Å². The van der Waals surface area contributed by atoms with Crippen molar-refractivity contribution in [2.45, 2.75) is 19.9 Å². The third-order valence-electron chi connectivity index (χ3n) is 3.24. The first kappa shape index (κ1) is 10.5. The first-order chi connectivity index (χ1) is 8.20. The number of likely N-dealkylation sites (N-methyl/N-ethyl adjacent to an activating group) is 1. The summed E-state index contributed by atoms with van der Waals surface area (Å²) in [6.45, 7) is 3.78. The highest BCUT2D eigenvalue weighted by molar-refractivity contribution is 5.54. The lowest BCUT2D eigenvalue weighted by Crippen LogP contribution is -2.28. The normalized spacial score (nSPS) is 16.2. The van der Waals surface area contributed by atoms with Crippen LogP contribution in [0.5, 0.6) is 5.88 Å². The molecule has 3 rings (SSSR count). The molecule has 0 amide bonds. The van der Waals surface area contributed by atoms with Crippen LogP contribution in [-0.4, -0.2) is 45.4 Å². The van der Waals surface area contributed by atoms with Gasteiger partial charge < -0.3 is 9.64 Å². The molecule has 0 saturated carbocycles. The van der Waals surface area contributed by atoms with Crippen molar-refractivity contribution in [2.75, 3.05) is 20.7 Å². The summed E-state index contributed by atoms with van der Waals surface area (Å²) in [7, 11) is 3.75. The van der Waals surface area contributed by atoms with Gasteiger partial charge in [0.15, 0.2) is 11.5 Å². The molecule has 90 valence electrons. The molecule has 6 heteroatoms. The van der Waals surface area contributed by atoms with Crippen molar-refractivity contribution >= 4 is 5.65 Å². The van der Waals surface area contributed by atoms with Gasteiger partial charge in [0, 0.05) is 24.2 Å². The average Bonchev–Trinajstić information content (AvgIpc) is 2.70. The van der Waals surface area contributed by atoms with Crippen LogP contribution in [0, 0.1) is 6.92 Å². The maximum atomic E-state index is 5.38. The van der Waals surface area contributed by atoms with Gasteiger partial charge in [0.05, 0.1) is 7.11 Å². The fourth-order valence-electron chi connectivity index (χ4n) is 2.32. The summed E-state index contributed by atoms with van der Waals surface area (Å²) >= 11 is 0. The van der Waals surface area contributed by atoms with Crippen molar-refractivity contribution < 1.29 is 4.74 Å². The maximum Gasteiger partial charge on any atom is 0.236 e. The van der Waals surface area contributed by atoms with Crippen LogP contribution in [0.15, 0.2) is 0 Å². The van der Waals surface area contributed by atoms with Crippen molar-refractivity contribution in [2.24, 2.45) is 0 Å². The first-order valence-corrected chi connectivity index (χ1v) is 5.67. The molecule has 0 fully saturated rings. The zero-order valence-corrected chi connectivity index (χ0v) is 10.3. The second kappa shape index (κ2) is 3.66. The van der Waals surface area contributed by atoms with E-state index in [0.717, 1.165) is 36.5 Å². The fraction of sp³-hybridized carbons (Fsp3) is 0.545. The molecule has 3 heterocycles. The maximum absolute atomic E-state index is 5.38. The van der Waals surface area contributed by atoms with Gasteiger partial charge in [-0.25, -0.2) is 0 Å². The van der Waals surface area contributed by atoms with Crippen LogP contribution >= 0.6 is 0 Å². The lowest BCUT2D eigenvalue weighted by atomic mass is 10.0. The largest absolute Gasteiger partial charge is 0.480 e. The molecule has 0 aromatic carbocycles. The number of aromatic nitrogens is 4. The van der Waals surface area contributed by atoms with Crippen LogP contribution in [0.1, 0.15) is 17.0 Å². The van der Waals surface area contributed by atoms with Crippen molar-refractivity contribution in [3.05, 3.63) is 17.0 Å². The van der Waals surface area contributed by atoms with Gasteiger partial charge in [-0.2, -0.15) is 4.52 Å². The Kier molecular flexibility index (Phi) is 2.25. The minimum absolute atomic E-state index is 0.682. The Morgan fingerprint density at radius 2 is 2.06 bits per heavy atom. The molecule has 0 radical (unpaired) electrons. The summed E-state index contributed by atoms with van der Waals surface area (Å²) in [5, 5.41) is 12.7. The van der Waals surface area contributed by atoms with Crippen molar-refractivity contribution in [3.8, 4) is 5.88 Å². The van der Waals surface area contributed by atoms with Crippen LogP contribution in [0.3, 0.4) is 0 Å². The molecule has 2 aromatic rings. The van der Waals surface area contributed by atoms with Gasteiger partial charge >= 0.3 is 0 Å². The minimum Gasteiger partial charge on any atom is -0.480 e. The predicted octanol–water partition coefficient (Wildman–Crippen LogP) is 0.429. The molecule has 0 unspecified atom stereocenters. The third kappa shape index (κ3) is 1.48. The van der Waals surface area contributed by atoms with Gasteiger partial charge in [-0.1, -0.05) is 0 Å². The zero-order valence-electron chi connectivity index (χ0n) is 10.3. The topological polar surface area (TPSA) is 55.6 Å². The van der Waals surface area contributed by atoms with E-state index in [4.69, 9.17) is 4.74 Å². The van der Waals surface area contributed by atoms with Crippen LogP contribution < -0.4 is 4.74 Å². The van der Waals surface area contributed by atoms with Crippen LogP contribution in [0.2, 0.25) is 0 Å². The Morgan fingerprint density at radius 3 is 2.82 bits per heavy atom. The number of ether oxygens (including phenoxy) is 1. The number of nitrogens with zero attached hydrogens (tertiary/aromatic N) is 5. The molecule has 1 aliphatic heterocycles. The van der Waals surface area contributed by atoms with Crippen LogP contribution in [0.25, 0.3) is 5.65 Å². The molecule has 0 saturated heterocycles. The van der Waals surface area contributed by atoms with E-state index < -0.39 is 0 Å². The molecule has 2 aromatic heterocycles. The molecule has 0 N–H and O–H groups in total. The zero-order chi connectivity index (χ0) is 12.0. The van der Waals surface area contributed by atoms with Gasteiger partial charge in [-0.3, -0.25) is 0 Å². The smallest absolute Gasteiger partial charge is 0.236 e. The quantitative estimate of drug-likeness (QED) is 0.715. The summed E-state index contributed by atoms with van der Waals surface area (Å²) < 4.78 is 7.15. The first-order valence-electron chi connectivity index (χ1n) is 5.67. The Labute approximate surface area is 99.2 Å². The van der Waals surface area contributed by atoms with Crippen molar-refractivity contribution in [1.82, 2.24) is 24.7 Å². The predicted molar refractivity (Wildman–Crippen MR) is 62.1 cm³/mol. The molecule has 0 aliphatic carbocycles. The van der Waals surface area contributed by atoms with E-state index in [0.29, 0.717) is 5.88 Å². The SMILES string of the molecule is COc1nn2c(C)nnc2c2c1CN(C)CC2. The van der Waals surface area contributed by atoms with E-state index in [2.05, 4.69) is 27.2 Å². The molecule has 1 aliphatic rings. The second-order valence-electron chi connectivity index (χ2n) is 4.44. The molecule has 6 nitrogen and oxygen atoms in total. The highest BCUT2D eigenvalue weighted by Crippen LogP contribution is 2.28. The average molecular weight is 233 g/mol. The van der Waals surface area contributed by atoms with Crippen LogP contribution in [0.4, 0.5) is 0 Å². The Hall–Kier alpha value is -1.69. The number of rotatable bonds is 1. The minimum atomic E-state index is 0.682. The van der Waals surface area contributed by atoms with E-state index in [9.17, 15) is 0 Å². The second-order valence-corrected chi connectivity index (χ2v) is 4.44. The Balaban J connectivity index is 2.31.